The molecule has 0 unspecified atom stereocenters. The van der Waals surface area contributed by atoms with Gasteiger partial charge in [-0.25, -0.2) is 0 Å². The molecule has 0 radical (unpaired) electrons. The van der Waals surface area contributed by atoms with Crippen LogP contribution in [0.5, 0.6) is 0 Å². The summed E-state index contributed by atoms with van der Waals surface area (Å²) in [6.07, 6.45) is 3.57. The third kappa shape index (κ3) is 4.09. The third-order valence-electron chi connectivity index (χ3n) is 2.76. The van der Waals surface area contributed by atoms with Crippen LogP contribution >= 0.6 is 0 Å². The normalized spacial score (nSPS) is 10.3. The first-order chi connectivity index (χ1) is 9.65. The molecule has 0 saturated carbocycles. The molecule has 20 heavy (non-hydrogen) atoms. The van der Waals surface area contributed by atoms with Crippen LogP contribution in [-0.2, 0) is 6.54 Å². The number of benzene rings is 1. The molecule has 2 N–H and O–H groups in total. The predicted octanol–water partition coefficient (Wildman–Crippen LogP) is 2.83. The number of carbonyl (C=O) groups is 1. The van der Waals surface area contributed by atoms with Gasteiger partial charge in [-0.15, -0.1) is 0 Å². The van der Waals surface area contributed by atoms with Gasteiger partial charge in [0.1, 0.15) is 0 Å². The van der Waals surface area contributed by atoms with Gasteiger partial charge in [0.05, 0.1) is 0 Å². The Balaban J connectivity index is 2.01. The number of nitrogens with one attached hydrogen (secondary N) is 2. The van der Waals surface area contributed by atoms with Crippen LogP contribution in [0.25, 0.3) is 0 Å². The monoisotopic (exact) mass is 269 g/mol. The van der Waals surface area contributed by atoms with Gasteiger partial charge in [0, 0.05) is 36.2 Å². The number of aromatic nitrogens is 1. The zero-order chi connectivity index (χ0) is 14.4. The molecule has 1 amide bonds. The summed E-state index contributed by atoms with van der Waals surface area (Å²) in [6.45, 7) is 4.58. The Bertz CT molecular complexity index is 567. The average molecular weight is 269 g/mol. The first-order valence-corrected chi connectivity index (χ1v) is 6.69. The zero-order valence-electron chi connectivity index (χ0n) is 11.8. The van der Waals surface area contributed by atoms with Crippen molar-refractivity contribution in [2.75, 3.05) is 5.32 Å². The lowest BCUT2D eigenvalue weighted by Crippen LogP contribution is -2.30. The number of anilines is 1. The summed E-state index contributed by atoms with van der Waals surface area (Å²) in [5.74, 6) is -0.0509. The van der Waals surface area contributed by atoms with E-state index in [-0.39, 0.29) is 11.9 Å². The first-order valence-electron chi connectivity index (χ1n) is 6.69. The van der Waals surface area contributed by atoms with Crippen LogP contribution in [0.3, 0.4) is 0 Å². The Morgan fingerprint density at radius 1 is 1.25 bits per heavy atom. The Morgan fingerprint density at radius 2 is 2.10 bits per heavy atom. The van der Waals surface area contributed by atoms with E-state index in [1.807, 2.05) is 56.4 Å². The summed E-state index contributed by atoms with van der Waals surface area (Å²) < 4.78 is 0. The molecule has 0 bridgehead atoms. The lowest BCUT2D eigenvalue weighted by molar-refractivity contribution is 0.0943. The highest BCUT2D eigenvalue weighted by atomic mass is 16.1. The van der Waals surface area contributed by atoms with Crippen molar-refractivity contribution in [3.05, 3.63) is 59.9 Å². The fraction of sp³-hybridized carbons (Fsp3) is 0.250. The Morgan fingerprint density at radius 3 is 2.80 bits per heavy atom. The maximum atomic E-state index is 11.9. The Labute approximate surface area is 119 Å². The number of carbonyl (C=O) groups excluding carboxylic acids is 1. The Kier molecular flexibility index (Phi) is 4.71. The first kappa shape index (κ1) is 14.1. The molecule has 0 atom stereocenters. The fourth-order valence-corrected chi connectivity index (χ4v) is 1.82. The quantitative estimate of drug-likeness (QED) is 0.877. The van der Waals surface area contributed by atoms with Crippen LogP contribution in [0, 0.1) is 0 Å². The van der Waals surface area contributed by atoms with Gasteiger partial charge < -0.3 is 10.6 Å². The molecule has 0 aliphatic carbocycles. The predicted molar refractivity (Wildman–Crippen MR) is 80.6 cm³/mol. The molecule has 0 aliphatic heterocycles. The molecule has 4 heteroatoms. The molecular formula is C16H19N3O. The summed E-state index contributed by atoms with van der Waals surface area (Å²) in [6, 6.07) is 11.5. The van der Waals surface area contributed by atoms with E-state index in [2.05, 4.69) is 15.6 Å². The number of hydrogen-bond acceptors (Lipinski definition) is 3. The van der Waals surface area contributed by atoms with E-state index in [4.69, 9.17) is 0 Å². The van der Waals surface area contributed by atoms with Crippen molar-refractivity contribution < 1.29 is 4.79 Å². The second-order valence-electron chi connectivity index (χ2n) is 4.92. The van der Waals surface area contributed by atoms with E-state index in [9.17, 15) is 4.79 Å². The molecule has 0 saturated heterocycles. The molecule has 0 fully saturated rings. The highest BCUT2D eigenvalue weighted by molar-refractivity contribution is 5.95. The second-order valence-corrected chi connectivity index (χ2v) is 4.92. The SMILES string of the molecule is CC(C)NC(=O)c1cccc(NCc2cccnc2)c1. The van der Waals surface area contributed by atoms with Crippen LogP contribution in [0.4, 0.5) is 5.69 Å². The van der Waals surface area contributed by atoms with Crippen LogP contribution < -0.4 is 10.6 Å². The number of nitrogens with zero attached hydrogens (tertiary/aromatic N) is 1. The molecule has 2 rings (SSSR count). The van der Waals surface area contributed by atoms with Crippen molar-refractivity contribution in [2.24, 2.45) is 0 Å². The van der Waals surface area contributed by atoms with Gasteiger partial charge in [-0.3, -0.25) is 9.78 Å². The van der Waals surface area contributed by atoms with E-state index >= 15 is 0 Å². The molecule has 1 aromatic carbocycles. The lowest BCUT2D eigenvalue weighted by Gasteiger charge is -2.10. The van der Waals surface area contributed by atoms with Gasteiger partial charge in [-0.05, 0) is 43.7 Å². The summed E-state index contributed by atoms with van der Waals surface area (Å²) in [7, 11) is 0. The topological polar surface area (TPSA) is 54.0 Å². The van der Waals surface area contributed by atoms with E-state index in [0.29, 0.717) is 12.1 Å². The molecule has 4 nitrogen and oxygen atoms in total. The van der Waals surface area contributed by atoms with Crippen molar-refractivity contribution in [1.29, 1.82) is 0 Å². The second kappa shape index (κ2) is 6.70. The number of pyridine rings is 1. The van der Waals surface area contributed by atoms with E-state index < -0.39 is 0 Å². The van der Waals surface area contributed by atoms with Crippen LogP contribution in [0.15, 0.2) is 48.8 Å². The Hall–Kier alpha value is -2.36. The molecular weight excluding hydrogens is 250 g/mol. The highest BCUT2D eigenvalue weighted by Gasteiger charge is 2.07. The summed E-state index contributed by atoms with van der Waals surface area (Å²) in [5, 5.41) is 6.17. The van der Waals surface area contributed by atoms with Crippen molar-refractivity contribution in [1.82, 2.24) is 10.3 Å². The van der Waals surface area contributed by atoms with E-state index in [1.54, 1.807) is 6.20 Å². The zero-order valence-corrected chi connectivity index (χ0v) is 11.8. The van der Waals surface area contributed by atoms with Crippen LogP contribution in [0.1, 0.15) is 29.8 Å². The molecule has 2 aromatic rings. The van der Waals surface area contributed by atoms with Gasteiger partial charge in [-0.2, -0.15) is 0 Å². The smallest absolute Gasteiger partial charge is 0.251 e. The fourth-order valence-electron chi connectivity index (χ4n) is 1.82. The minimum atomic E-state index is -0.0509. The highest BCUT2D eigenvalue weighted by Crippen LogP contribution is 2.12. The minimum absolute atomic E-state index is 0.0509. The molecule has 104 valence electrons. The van der Waals surface area contributed by atoms with Gasteiger partial charge >= 0.3 is 0 Å². The maximum absolute atomic E-state index is 11.9. The van der Waals surface area contributed by atoms with Crippen molar-refractivity contribution in [3.8, 4) is 0 Å². The van der Waals surface area contributed by atoms with E-state index in [1.165, 1.54) is 0 Å². The maximum Gasteiger partial charge on any atom is 0.251 e. The molecule has 1 aromatic heterocycles. The number of hydrogen-bond donors (Lipinski definition) is 2. The number of rotatable bonds is 5. The summed E-state index contributed by atoms with van der Waals surface area (Å²) >= 11 is 0. The minimum Gasteiger partial charge on any atom is -0.381 e. The third-order valence-corrected chi connectivity index (χ3v) is 2.76. The number of amides is 1. The van der Waals surface area contributed by atoms with Gasteiger partial charge in [0.25, 0.3) is 5.91 Å². The van der Waals surface area contributed by atoms with Gasteiger partial charge in [0.2, 0.25) is 0 Å². The lowest BCUT2D eigenvalue weighted by atomic mass is 10.1. The van der Waals surface area contributed by atoms with Crippen LogP contribution in [0.2, 0.25) is 0 Å². The van der Waals surface area contributed by atoms with Crippen molar-refractivity contribution >= 4 is 11.6 Å². The average Bonchev–Trinajstić information content (AvgIpc) is 2.46. The molecule has 1 heterocycles. The summed E-state index contributed by atoms with van der Waals surface area (Å²) in [4.78, 5) is 16.0. The summed E-state index contributed by atoms with van der Waals surface area (Å²) in [5.41, 5.74) is 2.68. The van der Waals surface area contributed by atoms with Crippen LogP contribution in [-0.4, -0.2) is 16.9 Å². The van der Waals surface area contributed by atoms with Crippen molar-refractivity contribution in [2.45, 2.75) is 26.4 Å². The van der Waals surface area contributed by atoms with Gasteiger partial charge in [-0.1, -0.05) is 12.1 Å². The standard InChI is InChI=1S/C16H19N3O/c1-12(2)19-16(20)14-6-3-7-15(9-14)18-11-13-5-4-8-17-10-13/h3-10,12,18H,11H2,1-2H3,(H,19,20). The van der Waals surface area contributed by atoms with E-state index in [0.717, 1.165) is 11.3 Å². The molecule has 0 spiro atoms. The largest absolute Gasteiger partial charge is 0.381 e. The molecule has 0 aliphatic rings. The van der Waals surface area contributed by atoms with Crippen molar-refractivity contribution in [3.63, 3.8) is 0 Å². The van der Waals surface area contributed by atoms with Gasteiger partial charge in [0.15, 0.2) is 0 Å².